The monoisotopic (exact) mass is 279 g/mol. The Labute approximate surface area is 116 Å². The Morgan fingerprint density at radius 2 is 2.10 bits per heavy atom. The van der Waals surface area contributed by atoms with Crippen molar-refractivity contribution in [2.75, 3.05) is 6.54 Å². The predicted molar refractivity (Wildman–Crippen MR) is 71.9 cm³/mol. The summed E-state index contributed by atoms with van der Waals surface area (Å²) in [6.07, 6.45) is 0.992. The number of carbonyl (C=O) groups is 1. The molecule has 20 heavy (non-hydrogen) atoms. The zero-order valence-electron chi connectivity index (χ0n) is 11.0. The van der Waals surface area contributed by atoms with Crippen molar-refractivity contribution >= 4 is 11.6 Å². The molecule has 3 N–H and O–H groups in total. The number of non-ortho nitro benzene ring substituents is 1. The van der Waals surface area contributed by atoms with Gasteiger partial charge in [-0.1, -0.05) is 12.1 Å². The van der Waals surface area contributed by atoms with Gasteiger partial charge in [0.05, 0.1) is 11.0 Å². The fourth-order valence-electron chi connectivity index (χ4n) is 2.11. The minimum atomic E-state index is -0.457. The highest BCUT2D eigenvalue weighted by atomic mass is 16.6. The van der Waals surface area contributed by atoms with Crippen molar-refractivity contribution < 1.29 is 14.5 Å². The fourth-order valence-corrected chi connectivity index (χ4v) is 2.11. The molecule has 2 unspecified atom stereocenters. The molecule has 1 fully saturated rings. The summed E-state index contributed by atoms with van der Waals surface area (Å²) in [4.78, 5) is 21.9. The lowest BCUT2D eigenvalue weighted by Gasteiger charge is -2.12. The Kier molecular flexibility index (Phi) is 4.65. The van der Waals surface area contributed by atoms with Crippen molar-refractivity contribution in [1.29, 1.82) is 0 Å². The van der Waals surface area contributed by atoms with E-state index < -0.39 is 11.0 Å². The van der Waals surface area contributed by atoms with Gasteiger partial charge in [0.1, 0.15) is 6.10 Å². The minimum Gasteiger partial charge on any atom is -0.364 e. The van der Waals surface area contributed by atoms with Gasteiger partial charge in [0.25, 0.3) is 5.69 Å². The molecule has 1 heterocycles. The lowest BCUT2D eigenvalue weighted by molar-refractivity contribution is -0.384. The van der Waals surface area contributed by atoms with Crippen LogP contribution in [-0.2, 0) is 16.1 Å². The molecule has 0 aliphatic carbocycles. The van der Waals surface area contributed by atoms with Gasteiger partial charge in [-0.2, -0.15) is 0 Å². The molecule has 1 saturated heterocycles. The smallest absolute Gasteiger partial charge is 0.269 e. The van der Waals surface area contributed by atoms with Crippen LogP contribution >= 0.6 is 0 Å². The van der Waals surface area contributed by atoms with Gasteiger partial charge in [-0.15, -0.1) is 0 Å². The van der Waals surface area contributed by atoms with Gasteiger partial charge < -0.3 is 15.8 Å². The van der Waals surface area contributed by atoms with Crippen molar-refractivity contribution in [2.45, 2.75) is 31.6 Å². The molecule has 0 bridgehead atoms. The summed E-state index contributed by atoms with van der Waals surface area (Å²) in [5.41, 5.74) is 6.32. The van der Waals surface area contributed by atoms with Crippen LogP contribution in [0.1, 0.15) is 18.4 Å². The number of nitrogens with two attached hydrogens (primary N) is 1. The first-order valence-corrected chi connectivity index (χ1v) is 6.46. The van der Waals surface area contributed by atoms with E-state index in [1.54, 1.807) is 12.1 Å². The first kappa shape index (κ1) is 14.4. The van der Waals surface area contributed by atoms with Gasteiger partial charge >= 0.3 is 0 Å². The summed E-state index contributed by atoms with van der Waals surface area (Å²) in [5.74, 6) is -0.167. The number of hydrogen-bond acceptors (Lipinski definition) is 5. The summed E-state index contributed by atoms with van der Waals surface area (Å²) in [5, 5.41) is 13.3. The topological polar surface area (TPSA) is 107 Å². The molecule has 7 heteroatoms. The predicted octanol–water partition coefficient (Wildman–Crippen LogP) is 0.717. The highest BCUT2D eigenvalue weighted by Gasteiger charge is 2.29. The third-order valence-electron chi connectivity index (χ3n) is 3.28. The molecule has 1 aliphatic rings. The van der Waals surface area contributed by atoms with Gasteiger partial charge in [0.2, 0.25) is 5.91 Å². The van der Waals surface area contributed by atoms with E-state index in [1.165, 1.54) is 12.1 Å². The molecule has 0 aromatic heterocycles. The molecule has 0 radical (unpaired) electrons. The first-order chi connectivity index (χ1) is 9.60. The molecule has 7 nitrogen and oxygen atoms in total. The Balaban J connectivity index is 1.83. The number of carbonyl (C=O) groups excluding carboxylic acids is 1. The van der Waals surface area contributed by atoms with Gasteiger partial charge in [-0.25, -0.2) is 0 Å². The lowest BCUT2D eigenvalue weighted by atomic mass is 10.1. The zero-order chi connectivity index (χ0) is 14.5. The quantitative estimate of drug-likeness (QED) is 0.610. The highest BCUT2D eigenvalue weighted by molar-refractivity contribution is 5.81. The van der Waals surface area contributed by atoms with Crippen LogP contribution in [0.4, 0.5) is 5.69 Å². The average Bonchev–Trinajstić information content (AvgIpc) is 2.94. The Morgan fingerprint density at radius 1 is 1.40 bits per heavy atom. The molecule has 1 aromatic carbocycles. The normalized spacial score (nSPS) is 21.6. The first-order valence-electron chi connectivity index (χ1n) is 6.46. The molecule has 1 amide bonds. The standard InChI is InChI=1S/C13H17N3O4/c14-7-11-5-6-12(20-11)13(17)15-8-9-1-3-10(4-2-9)16(18)19/h1-4,11-12H,5-8,14H2,(H,15,17). The van der Waals surface area contributed by atoms with Gasteiger partial charge in [-0.05, 0) is 18.4 Å². The van der Waals surface area contributed by atoms with E-state index in [9.17, 15) is 14.9 Å². The summed E-state index contributed by atoms with van der Waals surface area (Å²) in [6.45, 7) is 0.746. The summed E-state index contributed by atoms with van der Waals surface area (Å²) in [7, 11) is 0. The van der Waals surface area contributed by atoms with E-state index >= 15 is 0 Å². The van der Waals surface area contributed by atoms with Crippen LogP contribution in [0.15, 0.2) is 24.3 Å². The van der Waals surface area contributed by atoms with Crippen LogP contribution in [0.3, 0.4) is 0 Å². The molecule has 1 aliphatic heterocycles. The molecular weight excluding hydrogens is 262 g/mol. The number of nitrogens with one attached hydrogen (secondary N) is 1. The maximum atomic E-state index is 11.9. The number of nitro benzene ring substituents is 1. The number of nitrogens with zero attached hydrogens (tertiary/aromatic N) is 1. The maximum absolute atomic E-state index is 11.9. The maximum Gasteiger partial charge on any atom is 0.269 e. The summed E-state index contributed by atoms with van der Waals surface area (Å²) in [6, 6.07) is 6.07. The second-order valence-electron chi connectivity index (χ2n) is 4.70. The third kappa shape index (κ3) is 3.52. The van der Waals surface area contributed by atoms with Crippen LogP contribution in [0, 0.1) is 10.1 Å². The third-order valence-corrected chi connectivity index (χ3v) is 3.28. The number of rotatable bonds is 5. The van der Waals surface area contributed by atoms with Gasteiger partial charge in [-0.3, -0.25) is 14.9 Å². The van der Waals surface area contributed by atoms with E-state index in [2.05, 4.69) is 5.32 Å². The van der Waals surface area contributed by atoms with Crippen LogP contribution in [0.2, 0.25) is 0 Å². The van der Waals surface area contributed by atoms with Crippen LogP contribution in [0.5, 0.6) is 0 Å². The number of amides is 1. The Morgan fingerprint density at radius 3 is 2.65 bits per heavy atom. The second kappa shape index (κ2) is 6.44. The van der Waals surface area contributed by atoms with E-state index in [0.29, 0.717) is 19.5 Å². The molecule has 108 valence electrons. The highest BCUT2D eigenvalue weighted by Crippen LogP contribution is 2.19. The largest absolute Gasteiger partial charge is 0.364 e. The van der Waals surface area contributed by atoms with E-state index in [-0.39, 0.29) is 17.7 Å². The van der Waals surface area contributed by atoms with Crippen LogP contribution in [0.25, 0.3) is 0 Å². The fraction of sp³-hybridized carbons (Fsp3) is 0.462. The zero-order valence-corrected chi connectivity index (χ0v) is 11.0. The molecule has 0 saturated carbocycles. The Hall–Kier alpha value is -1.99. The summed E-state index contributed by atoms with van der Waals surface area (Å²) < 4.78 is 5.49. The van der Waals surface area contributed by atoms with Crippen molar-refractivity contribution in [3.63, 3.8) is 0 Å². The van der Waals surface area contributed by atoms with Crippen molar-refractivity contribution in [1.82, 2.24) is 5.32 Å². The lowest BCUT2D eigenvalue weighted by Crippen LogP contribution is -2.35. The van der Waals surface area contributed by atoms with E-state index in [4.69, 9.17) is 10.5 Å². The van der Waals surface area contributed by atoms with E-state index in [1.807, 2.05) is 0 Å². The Bertz CT molecular complexity index is 489. The molecule has 2 atom stereocenters. The van der Waals surface area contributed by atoms with Crippen molar-refractivity contribution in [3.05, 3.63) is 39.9 Å². The molecule has 0 spiro atoms. The molecular formula is C13H17N3O4. The van der Waals surface area contributed by atoms with Crippen molar-refractivity contribution in [2.24, 2.45) is 5.73 Å². The molecule has 2 rings (SSSR count). The summed E-state index contributed by atoms with van der Waals surface area (Å²) >= 11 is 0. The number of ether oxygens (including phenoxy) is 1. The number of benzene rings is 1. The SMILES string of the molecule is NCC1CCC(C(=O)NCc2ccc([N+](=O)[O-])cc2)O1. The average molecular weight is 279 g/mol. The van der Waals surface area contributed by atoms with E-state index in [0.717, 1.165) is 12.0 Å². The van der Waals surface area contributed by atoms with Gasteiger partial charge in [0.15, 0.2) is 0 Å². The number of nitro groups is 1. The second-order valence-corrected chi connectivity index (χ2v) is 4.70. The minimum absolute atomic E-state index is 0.0324. The molecule has 1 aromatic rings. The number of hydrogen-bond donors (Lipinski definition) is 2. The van der Waals surface area contributed by atoms with Crippen molar-refractivity contribution in [3.8, 4) is 0 Å². The van der Waals surface area contributed by atoms with Crippen LogP contribution in [-0.4, -0.2) is 29.6 Å². The van der Waals surface area contributed by atoms with Gasteiger partial charge in [0, 0.05) is 25.2 Å². The van der Waals surface area contributed by atoms with Crippen LogP contribution < -0.4 is 11.1 Å².